The number of esters is 1. The first kappa shape index (κ1) is 21.2. The highest BCUT2D eigenvalue weighted by atomic mass is 35.5. The van der Waals surface area contributed by atoms with Gasteiger partial charge < -0.3 is 4.74 Å². The minimum absolute atomic E-state index is 0.0189. The van der Waals surface area contributed by atoms with Gasteiger partial charge in [0.05, 0.1) is 11.4 Å². The van der Waals surface area contributed by atoms with E-state index in [-0.39, 0.29) is 17.0 Å². The molecule has 4 rings (SSSR count). The third kappa shape index (κ3) is 3.72. The Hall–Kier alpha value is -2.04. The second-order valence-corrected chi connectivity index (χ2v) is 8.71. The molecule has 30 heavy (non-hydrogen) atoms. The summed E-state index contributed by atoms with van der Waals surface area (Å²) in [7, 11) is 0. The minimum atomic E-state index is -1.68. The summed E-state index contributed by atoms with van der Waals surface area (Å²) in [5.41, 5.74) is -0.328. The van der Waals surface area contributed by atoms with Crippen LogP contribution in [0.25, 0.3) is 0 Å². The number of carbonyl (C=O) groups is 2. The van der Waals surface area contributed by atoms with Crippen molar-refractivity contribution in [2.45, 2.75) is 17.9 Å². The Morgan fingerprint density at radius 1 is 0.867 bits per heavy atom. The van der Waals surface area contributed by atoms with Crippen LogP contribution >= 0.6 is 46.4 Å². The molecule has 1 fully saturated rings. The second-order valence-electron chi connectivity index (χ2n) is 6.99. The van der Waals surface area contributed by atoms with Gasteiger partial charge in [-0.1, -0.05) is 76.7 Å². The standard InChI is InChI=1S/C23H14Cl4O3/c24-15-6-7-18(20(27)11-15)22(29)23(14-8-16(25)10-17(26)9-14)19(12-21(28)30-23)13-4-2-1-3-5-13/h1-11,19H,12H2/t19-,23+/m0/s1. The summed E-state index contributed by atoms with van der Waals surface area (Å²) in [6, 6.07) is 18.5. The number of ketones is 1. The van der Waals surface area contributed by atoms with Gasteiger partial charge in [-0.25, -0.2) is 0 Å². The van der Waals surface area contributed by atoms with Gasteiger partial charge >= 0.3 is 5.97 Å². The summed E-state index contributed by atoms with van der Waals surface area (Å²) < 4.78 is 5.82. The average Bonchev–Trinajstić information content (AvgIpc) is 3.06. The molecule has 0 radical (unpaired) electrons. The SMILES string of the molecule is O=C1C[C@@H](c2ccccc2)[C@@](C(=O)c2ccc(Cl)cc2Cl)(c2cc(Cl)cc(Cl)c2)O1. The van der Waals surface area contributed by atoms with E-state index in [0.717, 1.165) is 5.56 Å². The molecule has 0 aliphatic carbocycles. The first-order valence-corrected chi connectivity index (χ1v) is 10.6. The summed E-state index contributed by atoms with van der Waals surface area (Å²) in [6.07, 6.45) is 0.0189. The van der Waals surface area contributed by atoms with E-state index in [4.69, 9.17) is 51.1 Å². The number of halogens is 4. The first-order chi connectivity index (χ1) is 14.3. The largest absolute Gasteiger partial charge is 0.445 e. The van der Waals surface area contributed by atoms with E-state index in [2.05, 4.69) is 0 Å². The normalized spacial score (nSPS) is 20.8. The molecule has 0 unspecified atom stereocenters. The van der Waals surface area contributed by atoms with Crippen molar-refractivity contribution in [2.24, 2.45) is 0 Å². The summed E-state index contributed by atoms with van der Waals surface area (Å²) in [5, 5.41) is 1.19. The van der Waals surface area contributed by atoms with Gasteiger partial charge in [-0.2, -0.15) is 0 Å². The van der Waals surface area contributed by atoms with Crippen LogP contribution in [0, 0.1) is 0 Å². The van der Waals surface area contributed by atoms with E-state index in [0.29, 0.717) is 20.6 Å². The van der Waals surface area contributed by atoms with E-state index in [1.54, 1.807) is 24.3 Å². The van der Waals surface area contributed by atoms with E-state index in [1.807, 2.05) is 30.3 Å². The van der Waals surface area contributed by atoms with Crippen LogP contribution in [0.5, 0.6) is 0 Å². The number of carbonyl (C=O) groups excluding carboxylic acids is 2. The van der Waals surface area contributed by atoms with Crippen LogP contribution in [-0.4, -0.2) is 11.8 Å². The molecule has 3 nitrogen and oxygen atoms in total. The molecule has 0 amide bonds. The fourth-order valence-corrected chi connectivity index (χ4v) is 4.90. The molecule has 3 aromatic carbocycles. The number of Topliss-reactive ketones (excluding diaryl/α,β-unsaturated/α-hetero) is 1. The number of rotatable bonds is 4. The zero-order valence-corrected chi connectivity index (χ0v) is 18.4. The molecule has 0 aromatic heterocycles. The van der Waals surface area contributed by atoms with Gasteiger partial charge in [0.25, 0.3) is 0 Å². The van der Waals surface area contributed by atoms with E-state index >= 15 is 0 Å². The van der Waals surface area contributed by atoms with Crippen LogP contribution in [0.15, 0.2) is 66.7 Å². The topological polar surface area (TPSA) is 43.4 Å². The van der Waals surface area contributed by atoms with Crippen molar-refractivity contribution in [3.8, 4) is 0 Å². The molecule has 1 saturated heterocycles. The van der Waals surface area contributed by atoms with Gasteiger partial charge in [-0.3, -0.25) is 9.59 Å². The lowest BCUT2D eigenvalue weighted by atomic mass is 9.73. The molecule has 1 aliphatic heterocycles. The average molecular weight is 480 g/mol. The maximum absolute atomic E-state index is 14.0. The molecule has 0 spiro atoms. The monoisotopic (exact) mass is 478 g/mol. The summed E-state index contributed by atoms with van der Waals surface area (Å²) >= 11 is 24.8. The molecule has 3 aromatic rings. The summed E-state index contributed by atoms with van der Waals surface area (Å²) in [5.74, 6) is -1.57. The van der Waals surface area contributed by atoms with Crippen LogP contribution in [-0.2, 0) is 15.1 Å². The Morgan fingerprint density at radius 2 is 1.53 bits per heavy atom. The quantitative estimate of drug-likeness (QED) is 0.295. The van der Waals surface area contributed by atoms with E-state index < -0.39 is 23.3 Å². The summed E-state index contributed by atoms with van der Waals surface area (Å²) in [6.45, 7) is 0. The molecule has 0 saturated carbocycles. The van der Waals surface area contributed by atoms with Crippen LogP contribution in [0.1, 0.15) is 33.8 Å². The van der Waals surface area contributed by atoms with Gasteiger partial charge in [0.1, 0.15) is 0 Å². The van der Waals surface area contributed by atoms with Gasteiger partial charge in [-0.15, -0.1) is 0 Å². The number of hydrogen-bond acceptors (Lipinski definition) is 3. The lowest BCUT2D eigenvalue weighted by molar-refractivity contribution is -0.146. The van der Waals surface area contributed by atoms with Crippen LogP contribution < -0.4 is 0 Å². The lowest BCUT2D eigenvalue weighted by Gasteiger charge is -2.33. The van der Waals surface area contributed by atoms with Gasteiger partial charge in [0.15, 0.2) is 0 Å². The van der Waals surface area contributed by atoms with Crippen molar-refractivity contribution in [3.63, 3.8) is 0 Å². The molecular weight excluding hydrogens is 466 g/mol. The highest BCUT2D eigenvalue weighted by molar-refractivity contribution is 6.37. The fraction of sp³-hybridized carbons (Fsp3) is 0.130. The van der Waals surface area contributed by atoms with Crippen LogP contribution in [0.2, 0.25) is 20.1 Å². The van der Waals surface area contributed by atoms with Gasteiger partial charge in [-0.05, 0) is 42.0 Å². The number of ether oxygens (including phenoxy) is 1. The Morgan fingerprint density at radius 3 is 2.17 bits per heavy atom. The van der Waals surface area contributed by atoms with Crippen molar-refractivity contribution < 1.29 is 14.3 Å². The van der Waals surface area contributed by atoms with Crippen molar-refractivity contribution >= 4 is 58.2 Å². The molecule has 2 atom stereocenters. The van der Waals surface area contributed by atoms with Crippen molar-refractivity contribution in [2.75, 3.05) is 0 Å². The molecular formula is C23H14Cl4O3. The predicted octanol–water partition coefficient (Wildman–Crippen LogP) is 7.11. The maximum Gasteiger partial charge on any atom is 0.307 e. The maximum atomic E-state index is 14.0. The zero-order chi connectivity index (χ0) is 21.5. The molecule has 1 aliphatic rings. The minimum Gasteiger partial charge on any atom is -0.445 e. The number of benzene rings is 3. The molecule has 1 heterocycles. The lowest BCUT2D eigenvalue weighted by Crippen LogP contribution is -2.40. The second kappa shape index (κ2) is 8.24. The summed E-state index contributed by atoms with van der Waals surface area (Å²) in [4.78, 5) is 26.5. The fourth-order valence-electron chi connectivity index (χ4n) is 3.88. The molecule has 152 valence electrons. The van der Waals surface area contributed by atoms with Crippen molar-refractivity contribution in [1.82, 2.24) is 0 Å². The first-order valence-electron chi connectivity index (χ1n) is 9.04. The molecule has 7 heteroatoms. The van der Waals surface area contributed by atoms with E-state index in [1.165, 1.54) is 12.1 Å². The molecule has 0 bridgehead atoms. The van der Waals surface area contributed by atoms with Gasteiger partial charge in [0, 0.05) is 32.1 Å². The Balaban J connectivity index is 1.99. The Kier molecular flexibility index (Phi) is 5.82. The Labute approximate surface area is 193 Å². The van der Waals surface area contributed by atoms with Crippen LogP contribution in [0.4, 0.5) is 0 Å². The third-order valence-electron chi connectivity index (χ3n) is 5.14. The number of hydrogen-bond donors (Lipinski definition) is 0. The highest BCUT2D eigenvalue weighted by Gasteiger charge is 2.57. The van der Waals surface area contributed by atoms with E-state index in [9.17, 15) is 9.59 Å². The smallest absolute Gasteiger partial charge is 0.307 e. The van der Waals surface area contributed by atoms with Crippen molar-refractivity contribution in [1.29, 1.82) is 0 Å². The highest BCUT2D eigenvalue weighted by Crippen LogP contribution is 2.51. The number of cyclic esters (lactones) is 1. The van der Waals surface area contributed by atoms with Crippen LogP contribution in [0.3, 0.4) is 0 Å². The zero-order valence-electron chi connectivity index (χ0n) is 15.4. The predicted molar refractivity (Wildman–Crippen MR) is 119 cm³/mol. The Bertz CT molecular complexity index is 1130. The van der Waals surface area contributed by atoms with Gasteiger partial charge in [0.2, 0.25) is 11.4 Å². The van der Waals surface area contributed by atoms with Crippen molar-refractivity contribution in [3.05, 3.63) is 104 Å². The molecule has 0 N–H and O–H groups in total. The third-order valence-corrected chi connectivity index (χ3v) is 6.13.